The number of carbonyl (C=O) groups excluding carboxylic acids is 2. The van der Waals surface area contributed by atoms with Crippen LogP contribution in [0.1, 0.15) is 16.1 Å². The van der Waals surface area contributed by atoms with Crippen molar-refractivity contribution in [3.63, 3.8) is 0 Å². The smallest absolute Gasteiger partial charge is 0.379 e. The van der Waals surface area contributed by atoms with Gasteiger partial charge in [-0.25, -0.2) is 10.2 Å². The number of ether oxygens (including phenoxy) is 1. The van der Waals surface area contributed by atoms with Crippen molar-refractivity contribution in [1.29, 1.82) is 0 Å². The van der Waals surface area contributed by atoms with Crippen LogP contribution in [0, 0.1) is 10.1 Å². The van der Waals surface area contributed by atoms with Gasteiger partial charge in [0.05, 0.1) is 17.4 Å². The molecule has 0 unspecified atom stereocenters. The first-order valence-electron chi connectivity index (χ1n) is 7.86. The molecule has 0 bridgehead atoms. The predicted molar refractivity (Wildman–Crippen MR) is 94.7 cm³/mol. The number of benzene rings is 1. The van der Waals surface area contributed by atoms with Gasteiger partial charge >= 0.3 is 11.7 Å². The Labute approximate surface area is 157 Å². The number of nitro groups is 1. The number of nitrogens with zero attached hydrogens (tertiary/aromatic N) is 4. The van der Waals surface area contributed by atoms with Gasteiger partial charge in [-0.2, -0.15) is 10.2 Å². The molecule has 28 heavy (non-hydrogen) atoms. The van der Waals surface area contributed by atoms with Crippen LogP contribution in [-0.4, -0.2) is 32.8 Å². The van der Waals surface area contributed by atoms with E-state index in [1.807, 2.05) is 0 Å². The van der Waals surface area contributed by atoms with Crippen LogP contribution in [-0.2, 0) is 11.3 Å². The highest BCUT2D eigenvalue weighted by atomic mass is 16.6. The number of furan rings is 1. The molecule has 0 spiro atoms. The summed E-state index contributed by atoms with van der Waals surface area (Å²) in [5, 5.41) is 18.1. The molecule has 142 valence electrons. The van der Waals surface area contributed by atoms with Crippen LogP contribution in [0.4, 0.5) is 5.69 Å². The lowest BCUT2D eigenvalue weighted by atomic mass is 10.2. The molecular weight excluding hydrogens is 370 g/mol. The van der Waals surface area contributed by atoms with Crippen molar-refractivity contribution in [3.05, 3.63) is 76.5 Å². The third-order valence-corrected chi connectivity index (χ3v) is 3.35. The molecular formula is C17H13N5O6. The molecule has 11 heteroatoms. The van der Waals surface area contributed by atoms with Gasteiger partial charge in [0.1, 0.15) is 24.7 Å². The van der Waals surface area contributed by atoms with E-state index in [0.717, 1.165) is 17.1 Å². The lowest BCUT2D eigenvalue weighted by molar-refractivity contribution is -0.385. The summed E-state index contributed by atoms with van der Waals surface area (Å²) < 4.78 is 11.2. The average molecular weight is 383 g/mol. The van der Waals surface area contributed by atoms with Gasteiger partial charge in [0.15, 0.2) is 0 Å². The Hall–Kier alpha value is -4.28. The number of hydrogen-bond acceptors (Lipinski definition) is 8. The van der Waals surface area contributed by atoms with Crippen LogP contribution in [0.3, 0.4) is 0 Å². The summed E-state index contributed by atoms with van der Waals surface area (Å²) in [6, 6.07) is 9.47. The zero-order chi connectivity index (χ0) is 19.9. The van der Waals surface area contributed by atoms with E-state index in [1.165, 1.54) is 18.5 Å². The van der Waals surface area contributed by atoms with Gasteiger partial charge < -0.3 is 9.15 Å². The Morgan fingerprint density at radius 3 is 2.75 bits per heavy atom. The van der Waals surface area contributed by atoms with E-state index < -0.39 is 16.8 Å². The molecule has 0 aliphatic heterocycles. The number of esters is 1. The van der Waals surface area contributed by atoms with Crippen LogP contribution < -0.4 is 10.2 Å². The molecule has 3 aromatic rings. The fraction of sp³-hybridized carbons (Fsp3) is 0.0588. The van der Waals surface area contributed by atoms with Crippen LogP contribution >= 0.6 is 0 Å². The number of aromatic nitrogens is 2. The molecule has 2 aromatic heterocycles. The van der Waals surface area contributed by atoms with E-state index in [1.54, 1.807) is 30.3 Å². The highest BCUT2D eigenvalue weighted by Crippen LogP contribution is 2.14. The van der Waals surface area contributed by atoms with Gasteiger partial charge in [0.2, 0.25) is 5.76 Å². The Morgan fingerprint density at radius 2 is 2.11 bits per heavy atom. The number of hydrogen-bond donors (Lipinski definition) is 1. The minimum Gasteiger partial charge on any atom is -0.457 e. The van der Waals surface area contributed by atoms with Gasteiger partial charge in [-0.1, -0.05) is 0 Å². The SMILES string of the molecule is O=C(Cn1cc([N+](=O)[O-])cn1)NN=Cc1ccc(OC(=O)c2ccco2)cc1. The maximum absolute atomic E-state index is 11.8. The Morgan fingerprint density at radius 1 is 1.32 bits per heavy atom. The lowest BCUT2D eigenvalue weighted by Gasteiger charge is -2.02. The standard InChI is InChI=1S/C17H13N5O6/c23-16(11-21-10-13(9-19-21)22(25)26)20-18-8-12-3-5-14(6-4-12)28-17(24)15-2-1-7-27-15/h1-10H,11H2,(H,20,23). The zero-order valence-electron chi connectivity index (χ0n) is 14.2. The molecule has 1 aromatic carbocycles. The number of amides is 1. The number of nitrogens with one attached hydrogen (secondary N) is 1. The molecule has 0 aliphatic carbocycles. The highest BCUT2D eigenvalue weighted by Gasteiger charge is 2.11. The second-order valence-corrected chi connectivity index (χ2v) is 5.38. The first kappa shape index (κ1) is 18.5. The monoisotopic (exact) mass is 383 g/mol. The zero-order valence-corrected chi connectivity index (χ0v) is 14.2. The quantitative estimate of drug-likeness (QED) is 0.215. The number of rotatable bonds is 7. The second-order valence-electron chi connectivity index (χ2n) is 5.38. The average Bonchev–Trinajstić information content (AvgIpc) is 3.35. The van der Waals surface area contributed by atoms with E-state index in [4.69, 9.17) is 9.15 Å². The van der Waals surface area contributed by atoms with E-state index in [2.05, 4.69) is 15.6 Å². The van der Waals surface area contributed by atoms with E-state index in [0.29, 0.717) is 11.3 Å². The summed E-state index contributed by atoms with van der Waals surface area (Å²) in [6.07, 6.45) is 4.96. The fourth-order valence-corrected chi connectivity index (χ4v) is 2.07. The minimum absolute atomic E-state index is 0.0934. The topological polar surface area (TPSA) is 142 Å². The van der Waals surface area contributed by atoms with Crippen LogP contribution in [0.25, 0.3) is 0 Å². The van der Waals surface area contributed by atoms with Gasteiger partial charge in [0.25, 0.3) is 5.91 Å². The van der Waals surface area contributed by atoms with Crippen molar-refractivity contribution in [1.82, 2.24) is 15.2 Å². The summed E-state index contributed by atoms with van der Waals surface area (Å²) in [5.41, 5.74) is 2.73. The molecule has 3 rings (SSSR count). The van der Waals surface area contributed by atoms with Crippen molar-refractivity contribution in [3.8, 4) is 5.75 Å². The Balaban J connectivity index is 1.49. The van der Waals surface area contributed by atoms with Crippen molar-refractivity contribution in [2.45, 2.75) is 6.54 Å². The van der Waals surface area contributed by atoms with Crippen molar-refractivity contribution in [2.24, 2.45) is 5.10 Å². The molecule has 0 fully saturated rings. The molecule has 0 saturated carbocycles. The molecule has 0 saturated heterocycles. The van der Waals surface area contributed by atoms with E-state index >= 15 is 0 Å². The van der Waals surface area contributed by atoms with Crippen LogP contribution in [0.15, 0.2) is 64.6 Å². The first-order valence-corrected chi connectivity index (χ1v) is 7.86. The van der Waals surface area contributed by atoms with Gasteiger partial charge in [-0.3, -0.25) is 19.6 Å². The highest BCUT2D eigenvalue weighted by molar-refractivity contribution is 5.88. The van der Waals surface area contributed by atoms with Crippen molar-refractivity contribution >= 4 is 23.8 Å². The molecule has 0 radical (unpaired) electrons. The Kier molecular flexibility index (Phi) is 5.55. The van der Waals surface area contributed by atoms with Crippen molar-refractivity contribution in [2.75, 3.05) is 0 Å². The molecule has 11 nitrogen and oxygen atoms in total. The Bertz CT molecular complexity index is 1010. The number of hydrazone groups is 1. The summed E-state index contributed by atoms with van der Waals surface area (Å²) in [5.74, 6) is -0.700. The molecule has 0 aliphatic rings. The summed E-state index contributed by atoms with van der Waals surface area (Å²) >= 11 is 0. The lowest BCUT2D eigenvalue weighted by Crippen LogP contribution is -2.23. The summed E-state index contributed by atoms with van der Waals surface area (Å²) in [4.78, 5) is 33.5. The first-order chi connectivity index (χ1) is 13.5. The van der Waals surface area contributed by atoms with Crippen LogP contribution in [0.2, 0.25) is 0 Å². The molecule has 1 amide bonds. The second kappa shape index (κ2) is 8.40. The maximum atomic E-state index is 11.8. The summed E-state index contributed by atoms with van der Waals surface area (Å²) in [7, 11) is 0. The molecule has 1 N–H and O–H groups in total. The largest absolute Gasteiger partial charge is 0.457 e. The van der Waals surface area contributed by atoms with Crippen molar-refractivity contribution < 1.29 is 23.7 Å². The van der Waals surface area contributed by atoms with E-state index in [-0.39, 0.29) is 18.0 Å². The summed E-state index contributed by atoms with van der Waals surface area (Å²) in [6.45, 7) is -0.215. The van der Waals surface area contributed by atoms with E-state index in [9.17, 15) is 19.7 Å². The predicted octanol–water partition coefficient (Wildman–Crippen LogP) is 1.75. The minimum atomic E-state index is -0.613. The van der Waals surface area contributed by atoms with Gasteiger partial charge in [0, 0.05) is 0 Å². The fourth-order valence-electron chi connectivity index (χ4n) is 2.07. The number of carbonyl (C=O) groups is 2. The molecule has 0 atom stereocenters. The molecule has 2 heterocycles. The maximum Gasteiger partial charge on any atom is 0.379 e. The normalized spacial score (nSPS) is 10.7. The third-order valence-electron chi connectivity index (χ3n) is 3.35. The van der Waals surface area contributed by atoms with Gasteiger partial charge in [-0.15, -0.1) is 0 Å². The van der Waals surface area contributed by atoms with Crippen LogP contribution in [0.5, 0.6) is 5.75 Å². The third kappa shape index (κ3) is 4.88. The van der Waals surface area contributed by atoms with Gasteiger partial charge in [-0.05, 0) is 42.0 Å².